The molecule has 0 aliphatic carbocycles. The molecule has 0 fully saturated rings. The van der Waals surface area contributed by atoms with Gasteiger partial charge in [0.05, 0.1) is 0 Å². The van der Waals surface area contributed by atoms with Crippen LogP contribution in [0.2, 0.25) is 0 Å². The van der Waals surface area contributed by atoms with Crippen LogP contribution in [-0.2, 0) is 13.0 Å². The Bertz CT molecular complexity index is 1020. The van der Waals surface area contributed by atoms with Crippen molar-refractivity contribution in [1.29, 1.82) is 0 Å². The van der Waals surface area contributed by atoms with Gasteiger partial charge in [-0.3, -0.25) is 4.79 Å². The maximum atomic E-state index is 13.6. The van der Waals surface area contributed by atoms with Gasteiger partial charge in [-0.2, -0.15) is 8.78 Å². The number of ether oxygens (including phenoxy) is 1. The predicted octanol–water partition coefficient (Wildman–Crippen LogP) is 5.37. The molecule has 152 valence electrons. The zero-order valence-corrected chi connectivity index (χ0v) is 15.0. The van der Waals surface area contributed by atoms with Crippen molar-refractivity contribution in [3.63, 3.8) is 0 Å². The molecule has 1 heterocycles. The van der Waals surface area contributed by atoms with E-state index in [9.17, 15) is 26.7 Å². The lowest BCUT2D eigenvalue weighted by atomic mass is 10.1. The average Bonchev–Trinajstić information content (AvgIpc) is 3.20. The molecule has 2 aromatic carbocycles. The number of nitrogens with one attached hydrogen (secondary N) is 1. The fourth-order valence-electron chi connectivity index (χ4n) is 2.45. The number of benzene rings is 2. The second kappa shape index (κ2) is 8.34. The molecule has 1 N–H and O–H groups in total. The van der Waals surface area contributed by atoms with Crippen LogP contribution in [0.5, 0.6) is 5.75 Å². The van der Waals surface area contributed by atoms with Crippen LogP contribution in [0.25, 0.3) is 0 Å². The van der Waals surface area contributed by atoms with E-state index >= 15 is 0 Å². The average molecular weight is 411 g/mol. The van der Waals surface area contributed by atoms with Crippen molar-refractivity contribution >= 4 is 11.6 Å². The quantitative estimate of drug-likeness (QED) is 0.337. The Labute approximate surface area is 161 Å². The Kier molecular flexibility index (Phi) is 5.86. The van der Waals surface area contributed by atoms with Crippen molar-refractivity contribution in [2.75, 3.05) is 5.32 Å². The Morgan fingerprint density at radius 2 is 1.48 bits per heavy atom. The highest BCUT2D eigenvalue weighted by Crippen LogP contribution is 2.29. The van der Waals surface area contributed by atoms with Gasteiger partial charge in [-0.05, 0) is 36.2 Å². The number of furan rings is 1. The first-order valence-corrected chi connectivity index (χ1v) is 8.45. The second-order valence-corrected chi connectivity index (χ2v) is 5.96. The first kappa shape index (κ1) is 20.4. The molecule has 0 aliphatic heterocycles. The molecule has 0 saturated carbocycles. The van der Waals surface area contributed by atoms with Gasteiger partial charge in [-0.25, -0.2) is 13.2 Å². The normalized spacial score (nSPS) is 10.8. The third-order valence-electron chi connectivity index (χ3n) is 4.03. The molecule has 3 rings (SSSR count). The van der Waals surface area contributed by atoms with Gasteiger partial charge in [0.25, 0.3) is 5.91 Å². The molecule has 0 spiro atoms. The van der Waals surface area contributed by atoms with E-state index in [1.165, 1.54) is 12.1 Å². The second-order valence-electron chi connectivity index (χ2n) is 5.96. The summed E-state index contributed by atoms with van der Waals surface area (Å²) < 4.78 is 76.5. The number of hydrogen-bond acceptors (Lipinski definition) is 3. The van der Waals surface area contributed by atoms with Crippen LogP contribution >= 0.6 is 0 Å². The van der Waals surface area contributed by atoms with Crippen molar-refractivity contribution in [3.05, 3.63) is 82.6 Å². The summed E-state index contributed by atoms with van der Waals surface area (Å²) in [6.45, 7) is 1.34. The van der Waals surface area contributed by atoms with E-state index in [0.29, 0.717) is 5.69 Å². The van der Waals surface area contributed by atoms with Gasteiger partial charge < -0.3 is 14.5 Å². The molecule has 0 saturated heterocycles. The minimum atomic E-state index is -2.28. The molecule has 29 heavy (non-hydrogen) atoms. The van der Waals surface area contributed by atoms with E-state index in [2.05, 4.69) is 10.1 Å². The zero-order chi connectivity index (χ0) is 21.1. The van der Waals surface area contributed by atoms with Crippen molar-refractivity contribution in [3.8, 4) is 5.75 Å². The summed E-state index contributed by atoms with van der Waals surface area (Å²) in [4.78, 5) is 12.2. The summed E-state index contributed by atoms with van der Waals surface area (Å²) in [6, 6.07) is 9.69. The molecule has 0 unspecified atom stereocenters. The molecule has 0 bridgehead atoms. The number of carbonyl (C=O) groups is 1. The SMILES string of the molecule is CCc1ccc(NC(=O)c2ccc(COc3c(F)c(F)c(F)c(F)c3F)o2)cc1. The van der Waals surface area contributed by atoms with Crippen molar-refractivity contribution in [2.45, 2.75) is 20.0 Å². The zero-order valence-electron chi connectivity index (χ0n) is 15.0. The van der Waals surface area contributed by atoms with Crippen LogP contribution in [0.1, 0.15) is 28.8 Å². The number of anilines is 1. The van der Waals surface area contributed by atoms with Crippen molar-refractivity contribution < 1.29 is 35.9 Å². The first-order chi connectivity index (χ1) is 13.8. The Balaban J connectivity index is 1.68. The van der Waals surface area contributed by atoms with Crippen LogP contribution in [-0.4, -0.2) is 5.91 Å². The van der Waals surface area contributed by atoms with Gasteiger partial charge in [0.2, 0.25) is 29.1 Å². The molecule has 4 nitrogen and oxygen atoms in total. The molecule has 0 aliphatic rings. The Morgan fingerprint density at radius 3 is 2.07 bits per heavy atom. The van der Waals surface area contributed by atoms with E-state index in [1.54, 1.807) is 12.1 Å². The molecule has 9 heteroatoms. The fraction of sp³-hybridized carbons (Fsp3) is 0.150. The number of halogens is 5. The first-order valence-electron chi connectivity index (χ1n) is 8.45. The summed E-state index contributed by atoms with van der Waals surface area (Å²) in [5, 5.41) is 2.60. The molecular weight excluding hydrogens is 397 g/mol. The van der Waals surface area contributed by atoms with Crippen LogP contribution < -0.4 is 10.1 Å². The monoisotopic (exact) mass is 411 g/mol. The number of amides is 1. The molecular formula is C20H14F5NO3. The topological polar surface area (TPSA) is 51.5 Å². The van der Waals surface area contributed by atoms with Crippen LogP contribution in [0.15, 0.2) is 40.8 Å². The van der Waals surface area contributed by atoms with Crippen LogP contribution in [0.4, 0.5) is 27.6 Å². The van der Waals surface area contributed by atoms with E-state index in [4.69, 9.17) is 4.42 Å². The highest BCUT2D eigenvalue weighted by molar-refractivity contribution is 6.02. The van der Waals surface area contributed by atoms with Gasteiger partial charge >= 0.3 is 0 Å². The lowest BCUT2D eigenvalue weighted by Crippen LogP contribution is -2.11. The predicted molar refractivity (Wildman–Crippen MR) is 93.0 cm³/mol. The smallest absolute Gasteiger partial charge is 0.291 e. The van der Waals surface area contributed by atoms with E-state index in [1.807, 2.05) is 19.1 Å². The molecule has 0 atom stereocenters. The number of aryl methyl sites for hydroxylation is 1. The molecule has 3 aromatic rings. The summed E-state index contributed by atoms with van der Waals surface area (Å²) in [7, 11) is 0. The third-order valence-corrected chi connectivity index (χ3v) is 4.03. The maximum Gasteiger partial charge on any atom is 0.291 e. The largest absolute Gasteiger partial charge is 0.479 e. The highest BCUT2D eigenvalue weighted by Gasteiger charge is 2.27. The number of hydrogen-bond donors (Lipinski definition) is 1. The van der Waals surface area contributed by atoms with Gasteiger partial charge in [0, 0.05) is 5.69 Å². The maximum absolute atomic E-state index is 13.6. The third kappa shape index (κ3) is 4.23. The van der Waals surface area contributed by atoms with Gasteiger partial charge in [0.1, 0.15) is 12.4 Å². The summed E-state index contributed by atoms with van der Waals surface area (Å²) in [5.74, 6) is -12.9. The van der Waals surface area contributed by atoms with Gasteiger partial charge in [-0.15, -0.1) is 0 Å². The molecule has 1 amide bonds. The van der Waals surface area contributed by atoms with E-state index < -0.39 is 47.3 Å². The number of rotatable bonds is 6. The summed E-state index contributed by atoms with van der Waals surface area (Å²) in [6.07, 6.45) is 0.846. The standard InChI is InChI=1S/C20H14F5NO3/c1-2-10-3-5-11(6-4-10)26-20(27)13-8-7-12(29-13)9-28-19-17(24)15(22)14(21)16(23)18(19)25/h3-8H,2,9H2,1H3,(H,26,27). The van der Waals surface area contributed by atoms with E-state index in [-0.39, 0.29) is 11.5 Å². The molecule has 1 aromatic heterocycles. The Morgan fingerprint density at radius 1 is 0.897 bits per heavy atom. The van der Waals surface area contributed by atoms with Crippen molar-refractivity contribution in [1.82, 2.24) is 0 Å². The van der Waals surface area contributed by atoms with E-state index in [0.717, 1.165) is 12.0 Å². The number of carbonyl (C=O) groups excluding carboxylic acids is 1. The summed E-state index contributed by atoms with van der Waals surface area (Å²) >= 11 is 0. The summed E-state index contributed by atoms with van der Waals surface area (Å²) in [5.41, 5.74) is 1.62. The highest BCUT2D eigenvalue weighted by atomic mass is 19.2. The minimum absolute atomic E-state index is 0.0552. The lowest BCUT2D eigenvalue weighted by molar-refractivity contribution is 0.0992. The van der Waals surface area contributed by atoms with Gasteiger partial charge in [-0.1, -0.05) is 19.1 Å². The lowest BCUT2D eigenvalue weighted by Gasteiger charge is -2.09. The van der Waals surface area contributed by atoms with Crippen LogP contribution in [0, 0.1) is 29.1 Å². The Hall–Kier alpha value is -3.36. The van der Waals surface area contributed by atoms with Crippen molar-refractivity contribution in [2.24, 2.45) is 0 Å². The van der Waals surface area contributed by atoms with Gasteiger partial charge in [0.15, 0.2) is 11.5 Å². The fourth-order valence-corrected chi connectivity index (χ4v) is 2.45. The minimum Gasteiger partial charge on any atom is -0.479 e. The van der Waals surface area contributed by atoms with Crippen LogP contribution in [0.3, 0.4) is 0 Å². The molecule has 0 radical (unpaired) electrons.